The molecule has 0 heterocycles. The van der Waals surface area contributed by atoms with Crippen LogP contribution < -0.4 is 16.4 Å². The predicted molar refractivity (Wildman–Crippen MR) is 86.6 cm³/mol. The fourth-order valence-electron chi connectivity index (χ4n) is 1.90. The molecule has 1 fully saturated rings. The minimum Gasteiger partial charge on any atom is -0.326 e. The van der Waals surface area contributed by atoms with Crippen LogP contribution in [-0.2, 0) is 9.59 Å². The van der Waals surface area contributed by atoms with Crippen molar-refractivity contribution in [3.63, 3.8) is 0 Å². The third kappa shape index (κ3) is 5.36. The summed E-state index contributed by atoms with van der Waals surface area (Å²) in [6.07, 6.45) is 3.51. The van der Waals surface area contributed by atoms with Gasteiger partial charge in [-0.15, -0.1) is 12.4 Å². The number of benzene rings is 1. The van der Waals surface area contributed by atoms with E-state index >= 15 is 0 Å². The number of halogens is 1. The maximum absolute atomic E-state index is 11.8. The van der Waals surface area contributed by atoms with Crippen molar-refractivity contribution in [3.8, 4) is 0 Å². The van der Waals surface area contributed by atoms with E-state index in [0.717, 1.165) is 24.9 Å². The van der Waals surface area contributed by atoms with Crippen LogP contribution in [0.1, 0.15) is 32.6 Å². The molecular weight excluding hydrogens is 290 g/mol. The monoisotopic (exact) mass is 311 g/mol. The van der Waals surface area contributed by atoms with Crippen molar-refractivity contribution in [2.45, 2.75) is 38.6 Å². The Balaban J connectivity index is 0.00000220. The molecule has 1 atom stereocenters. The Morgan fingerprint density at radius 2 is 1.71 bits per heavy atom. The summed E-state index contributed by atoms with van der Waals surface area (Å²) >= 11 is 0. The first-order valence-corrected chi connectivity index (χ1v) is 7.07. The van der Waals surface area contributed by atoms with Crippen molar-refractivity contribution in [2.24, 2.45) is 11.7 Å². The standard InChI is InChI=1S/C15H21N3O2.ClH/c1-2-3-13(16)15(20)18-12-8-6-11(7-9-12)17-14(19)10-4-5-10;/h6-10,13H,2-5,16H2,1H3,(H,17,19)(H,18,20);1H. The summed E-state index contributed by atoms with van der Waals surface area (Å²) in [4.78, 5) is 23.4. The van der Waals surface area contributed by atoms with E-state index in [1.165, 1.54) is 0 Å². The van der Waals surface area contributed by atoms with Gasteiger partial charge in [0.15, 0.2) is 0 Å². The number of anilines is 2. The van der Waals surface area contributed by atoms with Crippen molar-refractivity contribution < 1.29 is 9.59 Å². The van der Waals surface area contributed by atoms with E-state index in [-0.39, 0.29) is 30.1 Å². The number of amides is 2. The quantitative estimate of drug-likeness (QED) is 0.754. The summed E-state index contributed by atoms with van der Waals surface area (Å²) in [5.74, 6) is 0.0785. The first-order valence-electron chi connectivity index (χ1n) is 7.07. The van der Waals surface area contributed by atoms with Crippen molar-refractivity contribution >= 4 is 35.6 Å². The van der Waals surface area contributed by atoms with E-state index in [2.05, 4.69) is 10.6 Å². The van der Waals surface area contributed by atoms with Gasteiger partial charge in [-0.1, -0.05) is 13.3 Å². The van der Waals surface area contributed by atoms with Gasteiger partial charge in [-0.25, -0.2) is 0 Å². The average molecular weight is 312 g/mol. The summed E-state index contributed by atoms with van der Waals surface area (Å²) in [6, 6.07) is 6.61. The lowest BCUT2D eigenvalue weighted by atomic mass is 10.1. The minimum absolute atomic E-state index is 0. The number of carbonyl (C=O) groups excluding carboxylic acids is 2. The Morgan fingerprint density at radius 1 is 1.19 bits per heavy atom. The molecule has 1 aromatic rings. The molecule has 4 N–H and O–H groups in total. The molecule has 2 rings (SSSR count). The van der Waals surface area contributed by atoms with Crippen LogP contribution in [0.15, 0.2) is 24.3 Å². The SMILES string of the molecule is CCCC(N)C(=O)Nc1ccc(NC(=O)C2CC2)cc1.Cl. The van der Waals surface area contributed by atoms with Gasteiger partial charge in [-0.3, -0.25) is 9.59 Å². The Labute approximate surface area is 131 Å². The molecule has 0 radical (unpaired) electrons. The molecule has 1 aliphatic rings. The predicted octanol–water partition coefficient (Wildman–Crippen LogP) is 2.52. The van der Waals surface area contributed by atoms with E-state index in [0.29, 0.717) is 12.1 Å². The van der Waals surface area contributed by atoms with Gasteiger partial charge >= 0.3 is 0 Å². The molecule has 0 saturated heterocycles. The summed E-state index contributed by atoms with van der Waals surface area (Å²) in [5, 5.41) is 5.62. The second kappa shape index (κ2) is 8.00. The van der Waals surface area contributed by atoms with Gasteiger partial charge in [0.2, 0.25) is 11.8 Å². The summed E-state index contributed by atoms with van der Waals surface area (Å²) < 4.78 is 0. The maximum Gasteiger partial charge on any atom is 0.241 e. The van der Waals surface area contributed by atoms with E-state index < -0.39 is 6.04 Å². The highest BCUT2D eigenvalue weighted by molar-refractivity contribution is 5.96. The Morgan fingerprint density at radius 3 is 2.19 bits per heavy atom. The lowest BCUT2D eigenvalue weighted by molar-refractivity contribution is -0.118. The van der Waals surface area contributed by atoms with Crippen molar-refractivity contribution in [3.05, 3.63) is 24.3 Å². The van der Waals surface area contributed by atoms with Gasteiger partial charge in [0.1, 0.15) is 0 Å². The largest absolute Gasteiger partial charge is 0.326 e. The smallest absolute Gasteiger partial charge is 0.241 e. The van der Waals surface area contributed by atoms with E-state index in [1.807, 2.05) is 6.92 Å². The van der Waals surface area contributed by atoms with Crippen LogP contribution in [0.2, 0.25) is 0 Å². The highest BCUT2D eigenvalue weighted by atomic mass is 35.5. The van der Waals surface area contributed by atoms with Crippen LogP contribution in [0.3, 0.4) is 0 Å². The van der Waals surface area contributed by atoms with Crippen molar-refractivity contribution in [1.29, 1.82) is 0 Å². The molecule has 21 heavy (non-hydrogen) atoms. The number of rotatable bonds is 6. The van der Waals surface area contributed by atoms with Crippen LogP contribution >= 0.6 is 12.4 Å². The van der Waals surface area contributed by atoms with Crippen LogP contribution in [0, 0.1) is 5.92 Å². The maximum atomic E-state index is 11.8. The molecule has 1 aliphatic carbocycles. The van der Waals surface area contributed by atoms with Gasteiger partial charge in [0, 0.05) is 17.3 Å². The lowest BCUT2D eigenvalue weighted by Gasteiger charge is -2.11. The number of hydrogen-bond acceptors (Lipinski definition) is 3. The second-order valence-electron chi connectivity index (χ2n) is 5.23. The lowest BCUT2D eigenvalue weighted by Crippen LogP contribution is -2.35. The first kappa shape index (κ1) is 17.5. The fourth-order valence-corrected chi connectivity index (χ4v) is 1.90. The van der Waals surface area contributed by atoms with Gasteiger partial charge in [-0.05, 0) is 43.5 Å². The van der Waals surface area contributed by atoms with Crippen molar-refractivity contribution in [1.82, 2.24) is 0 Å². The summed E-state index contributed by atoms with van der Waals surface area (Å²) in [7, 11) is 0. The van der Waals surface area contributed by atoms with E-state index in [1.54, 1.807) is 24.3 Å². The van der Waals surface area contributed by atoms with Gasteiger partial charge in [0.25, 0.3) is 0 Å². The zero-order chi connectivity index (χ0) is 14.5. The number of nitrogens with two attached hydrogens (primary N) is 1. The van der Waals surface area contributed by atoms with Crippen LogP contribution in [0.5, 0.6) is 0 Å². The molecule has 6 heteroatoms. The normalized spacial score (nSPS) is 14.8. The molecular formula is C15H22ClN3O2. The summed E-state index contributed by atoms with van der Waals surface area (Å²) in [5.41, 5.74) is 7.18. The molecule has 0 spiro atoms. The Bertz CT molecular complexity index is 486. The Kier molecular flexibility index (Phi) is 6.65. The van der Waals surface area contributed by atoms with Gasteiger partial charge in [0.05, 0.1) is 6.04 Å². The molecule has 116 valence electrons. The fraction of sp³-hybridized carbons (Fsp3) is 0.467. The Hall–Kier alpha value is -1.59. The molecule has 1 aromatic carbocycles. The second-order valence-corrected chi connectivity index (χ2v) is 5.23. The van der Waals surface area contributed by atoms with Crippen LogP contribution in [0.4, 0.5) is 11.4 Å². The van der Waals surface area contributed by atoms with Gasteiger partial charge in [-0.2, -0.15) is 0 Å². The molecule has 1 unspecified atom stereocenters. The number of nitrogens with one attached hydrogen (secondary N) is 2. The highest BCUT2D eigenvalue weighted by Gasteiger charge is 2.29. The molecule has 5 nitrogen and oxygen atoms in total. The zero-order valence-electron chi connectivity index (χ0n) is 12.1. The van der Waals surface area contributed by atoms with E-state index in [9.17, 15) is 9.59 Å². The van der Waals surface area contributed by atoms with Crippen LogP contribution in [0.25, 0.3) is 0 Å². The molecule has 2 amide bonds. The van der Waals surface area contributed by atoms with Crippen LogP contribution in [-0.4, -0.2) is 17.9 Å². The van der Waals surface area contributed by atoms with Gasteiger partial charge < -0.3 is 16.4 Å². The molecule has 1 saturated carbocycles. The average Bonchev–Trinajstić information content (AvgIpc) is 3.25. The highest BCUT2D eigenvalue weighted by Crippen LogP contribution is 2.30. The molecule has 0 bridgehead atoms. The minimum atomic E-state index is -0.478. The first-order chi connectivity index (χ1) is 9.60. The van der Waals surface area contributed by atoms with E-state index in [4.69, 9.17) is 5.73 Å². The third-order valence-electron chi connectivity index (χ3n) is 3.30. The number of carbonyl (C=O) groups is 2. The topological polar surface area (TPSA) is 84.2 Å². The van der Waals surface area contributed by atoms with Crippen molar-refractivity contribution in [2.75, 3.05) is 10.6 Å². The summed E-state index contributed by atoms with van der Waals surface area (Å²) in [6.45, 7) is 1.99. The number of hydrogen-bond donors (Lipinski definition) is 3. The third-order valence-corrected chi connectivity index (χ3v) is 3.30. The molecule has 0 aliphatic heterocycles. The molecule has 0 aromatic heterocycles. The zero-order valence-corrected chi connectivity index (χ0v) is 12.9.